The van der Waals surface area contributed by atoms with E-state index in [0.29, 0.717) is 31.9 Å². The van der Waals surface area contributed by atoms with Crippen LogP contribution in [0.3, 0.4) is 0 Å². The number of carbonyl (C=O) groups is 1. The smallest absolute Gasteiger partial charge is 0.373 e. The third-order valence-corrected chi connectivity index (χ3v) is 6.41. The lowest BCUT2D eigenvalue weighted by atomic mass is 10.2. The Morgan fingerprint density at radius 1 is 1.07 bits per heavy atom. The highest BCUT2D eigenvalue weighted by Crippen LogP contribution is 2.16. The van der Waals surface area contributed by atoms with Gasteiger partial charge in [-0.2, -0.15) is 0 Å². The summed E-state index contributed by atoms with van der Waals surface area (Å²) in [6.07, 6.45) is 0.749. The monoisotopic (exact) mass is 392 g/mol. The molecule has 0 aliphatic carbocycles. The Bertz CT molecular complexity index is 863. The molecule has 0 radical (unpaired) electrons. The number of benzene rings is 1. The van der Waals surface area contributed by atoms with Gasteiger partial charge in [-0.3, -0.25) is 4.90 Å². The van der Waals surface area contributed by atoms with Crippen molar-refractivity contribution < 1.29 is 22.4 Å². The number of ether oxygens (including phenoxy) is 1. The van der Waals surface area contributed by atoms with E-state index in [0.717, 1.165) is 18.5 Å². The standard InChI is InChI=1S/C19H24N2O5S/c1-25-19(22)18-9-8-17(26-18)14-20-10-5-11-21(13-12-20)27(23,24)15-16-6-3-2-4-7-16/h2-4,6-9H,5,10-15H2,1H3. The van der Waals surface area contributed by atoms with Gasteiger partial charge < -0.3 is 9.15 Å². The van der Waals surface area contributed by atoms with Gasteiger partial charge in [-0.25, -0.2) is 17.5 Å². The maximum atomic E-state index is 12.7. The molecule has 0 spiro atoms. The van der Waals surface area contributed by atoms with Gasteiger partial charge in [-0.15, -0.1) is 0 Å². The quantitative estimate of drug-likeness (QED) is 0.701. The van der Waals surface area contributed by atoms with Crippen molar-refractivity contribution >= 4 is 16.0 Å². The van der Waals surface area contributed by atoms with E-state index < -0.39 is 16.0 Å². The van der Waals surface area contributed by atoms with Crippen LogP contribution < -0.4 is 0 Å². The van der Waals surface area contributed by atoms with E-state index in [1.54, 1.807) is 16.4 Å². The molecule has 27 heavy (non-hydrogen) atoms. The highest BCUT2D eigenvalue weighted by atomic mass is 32.2. The average Bonchev–Trinajstić information content (AvgIpc) is 2.98. The van der Waals surface area contributed by atoms with Gasteiger partial charge in [0.2, 0.25) is 15.8 Å². The summed E-state index contributed by atoms with van der Waals surface area (Å²) in [4.78, 5) is 13.6. The average molecular weight is 392 g/mol. The second-order valence-corrected chi connectivity index (χ2v) is 8.50. The van der Waals surface area contributed by atoms with Crippen LogP contribution in [0.15, 0.2) is 46.9 Å². The third-order valence-electron chi connectivity index (χ3n) is 4.56. The van der Waals surface area contributed by atoms with Crippen LogP contribution in [-0.4, -0.2) is 56.9 Å². The fourth-order valence-corrected chi connectivity index (χ4v) is 4.72. The second kappa shape index (κ2) is 8.69. The number of rotatable bonds is 6. The van der Waals surface area contributed by atoms with E-state index in [1.807, 2.05) is 30.3 Å². The van der Waals surface area contributed by atoms with Crippen molar-refractivity contribution in [3.05, 3.63) is 59.5 Å². The van der Waals surface area contributed by atoms with E-state index in [4.69, 9.17) is 4.42 Å². The molecule has 2 aromatic rings. The summed E-state index contributed by atoms with van der Waals surface area (Å²) in [7, 11) is -2.04. The zero-order valence-corrected chi connectivity index (χ0v) is 16.2. The van der Waals surface area contributed by atoms with Gasteiger partial charge in [-0.1, -0.05) is 30.3 Å². The number of esters is 1. The Morgan fingerprint density at radius 3 is 2.59 bits per heavy atom. The number of furan rings is 1. The molecular formula is C19H24N2O5S. The van der Waals surface area contributed by atoms with Crippen LogP contribution in [0.2, 0.25) is 0 Å². The fraction of sp³-hybridized carbons (Fsp3) is 0.421. The summed E-state index contributed by atoms with van der Waals surface area (Å²) in [5, 5.41) is 0. The zero-order valence-electron chi connectivity index (χ0n) is 15.3. The highest BCUT2D eigenvalue weighted by Gasteiger charge is 2.26. The molecule has 0 bridgehead atoms. The molecule has 8 heteroatoms. The van der Waals surface area contributed by atoms with Crippen molar-refractivity contribution in [3.8, 4) is 0 Å². The van der Waals surface area contributed by atoms with Crippen molar-refractivity contribution in [1.29, 1.82) is 0 Å². The number of carbonyl (C=O) groups excluding carboxylic acids is 1. The Balaban J connectivity index is 1.58. The number of hydrogen-bond acceptors (Lipinski definition) is 6. The first-order chi connectivity index (χ1) is 13.0. The van der Waals surface area contributed by atoms with Crippen LogP contribution in [0.1, 0.15) is 28.3 Å². The zero-order chi connectivity index (χ0) is 19.3. The van der Waals surface area contributed by atoms with Gasteiger partial charge in [0.15, 0.2) is 0 Å². The molecule has 7 nitrogen and oxygen atoms in total. The minimum Gasteiger partial charge on any atom is -0.463 e. The van der Waals surface area contributed by atoms with Crippen molar-refractivity contribution in [1.82, 2.24) is 9.21 Å². The van der Waals surface area contributed by atoms with Crippen molar-refractivity contribution in [2.24, 2.45) is 0 Å². The lowest BCUT2D eigenvalue weighted by Crippen LogP contribution is -2.35. The summed E-state index contributed by atoms with van der Waals surface area (Å²) in [5.74, 6) is 0.356. The molecule has 2 heterocycles. The number of nitrogens with zero attached hydrogens (tertiary/aromatic N) is 2. The molecular weight excluding hydrogens is 368 g/mol. The van der Waals surface area contributed by atoms with Gasteiger partial charge in [0.1, 0.15) is 5.76 Å². The van der Waals surface area contributed by atoms with E-state index in [2.05, 4.69) is 9.64 Å². The van der Waals surface area contributed by atoms with Gasteiger partial charge in [0, 0.05) is 19.6 Å². The summed E-state index contributed by atoms with van der Waals surface area (Å²) in [5.41, 5.74) is 0.796. The summed E-state index contributed by atoms with van der Waals surface area (Å²) < 4.78 is 37.2. The molecule has 1 aliphatic heterocycles. The molecule has 0 atom stereocenters. The first-order valence-corrected chi connectivity index (χ1v) is 10.5. The number of sulfonamides is 1. The van der Waals surface area contributed by atoms with Crippen molar-refractivity contribution in [3.63, 3.8) is 0 Å². The highest BCUT2D eigenvalue weighted by molar-refractivity contribution is 7.88. The lowest BCUT2D eigenvalue weighted by molar-refractivity contribution is 0.0561. The molecule has 1 aliphatic rings. The van der Waals surface area contributed by atoms with Crippen molar-refractivity contribution in [2.75, 3.05) is 33.3 Å². The van der Waals surface area contributed by atoms with Crippen LogP contribution in [0.25, 0.3) is 0 Å². The molecule has 0 amide bonds. The Kier molecular flexibility index (Phi) is 6.30. The predicted octanol–water partition coefficient (Wildman–Crippen LogP) is 2.10. The minimum atomic E-state index is -3.34. The number of methoxy groups -OCH3 is 1. The summed E-state index contributed by atoms with van der Waals surface area (Å²) >= 11 is 0. The molecule has 1 aromatic carbocycles. The van der Waals surface area contributed by atoms with Crippen LogP contribution in [0, 0.1) is 0 Å². The SMILES string of the molecule is COC(=O)c1ccc(CN2CCCN(S(=O)(=O)Cc3ccccc3)CC2)o1. The van der Waals surface area contributed by atoms with E-state index in [-0.39, 0.29) is 11.5 Å². The van der Waals surface area contributed by atoms with Crippen LogP contribution >= 0.6 is 0 Å². The Morgan fingerprint density at radius 2 is 1.85 bits per heavy atom. The minimum absolute atomic E-state index is 0.0223. The molecule has 1 fully saturated rings. The Hall–Kier alpha value is -2.16. The Labute approximate surface area is 159 Å². The molecule has 3 rings (SSSR count). The molecule has 1 aromatic heterocycles. The summed E-state index contributed by atoms with van der Waals surface area (Å²) in [6.45, 7) is 2.87. The predicted molar refractivity (Wildman–Crippen MR) is 101 cm³/mol. The summed E-state index contributed by atoms with van der Waals surface area (Å²) in [6, 6.07) is 12.6. The number of hydrogen-bond donors (Lipinski definition) is 0. The topological polar surface area (TPSA) is 80.1 Å². The van der Waals surface area contributed by atoms with E-state index >= 15 is 0 Å². The van der Waals surface area contributed by atoms with E-state index in [9.17, 15) is 13.2 Å². The molecule has 0 unspecified atom stereocenters. The van der Waals surface area contributed by atoms with Crippen LogP contribution in [-0.2, 0) is 27.1 Å². The van der Waals surface area contributed by atoms with Gasteiger partial charge >= 0.3 is 5.97 Å². The first-order valence-electron chi connectivity index (χ1n) is 8.89. The van der Waals surface area contributed by atoms with Gasteiger partial charge in [0.05, 0.1) is 19.4 Å². The first kappa shape index (κ1) is 19.6. The molecule has 0 saturated carbocycles. The molecule has 0 N–H and O–H groups in total. The normalized spacial score (nSPS) is 16.8. The second-order valence-electron chi connectivity index (χ2n) is 6.53. The van der Waals surface area contributed by atoms with Gasteiger partial charge in [-0.05, 0) is 30.7 Å². The van der Waals surface area contributed by atoms with Gasteiger partial charge in [0.25, 0.3) is 0 Å². The molecule has 1 saturated heterocycles. The maximum absolute atomic E-state index is 12.7. The third kappa shape index (κ3) is 5.18. The lowest BCUT2D eigenvalue weighted by Gasteiger charge is -2.21. The van der Waals surface area contributed by atoms with E-state index in [1.165, 1.54) is 7.11 Å². The van der Waals surface area contributed by atoms with Crippen LogP contribution in [0.4, 0.5) is 0 Å². The van der Waals surface area contributed by atoms with Crippen molar-refractivity contribution in [2.45, 2.75) is 18.7 Å². The maximum Gasteiger partial charge on any atom is 0.373 e. The largest absolute Gasteiger partial charge is 0.463 e. The van der Waals surface area contributed by atoms with Crippen LogP contribution in [0.5, 0.6) is 0 Å². The fourth-order valence-electron chi connectivity index (χ4n) is 3.15. The molecule has 146 valence electrons.